The molecule has 11 heteroatoms. The molecule has 206 valence electrons. The Morgan fingerprint density at radius 1 is 1.13 bits per heavy atom. The zero-order valence-electron chi connectivity index (χ0n) is 21.8. The second kappa shape index (κ2) is 11.7. The van der Waals surface area contributed by atoms with Crippen molar-refractivity contribution in [1.82, 2.24) is 14.5 Å². The number of carbonyl (C=O) groups excluding carboxylic acids is 1. The van der Waals surface area contributed by atoms with Crippen LogP contribution < -0.4 is 21.1 Å². The Balaban J connectivity index is 0.00000172. The molecule has 2 aromatic heterocycles. The number of ether oxygens (including phenoxy) is 1. The third kappa shape index (κ3) is 6.14. The number of aryl methyl sites for hydroxylation is 1. The van der Waals surface area contributed by atoms with Crippen LogP contribution in [0.5, 0.6) is 5.75 Å². The van der Waals surface area contributed by atoms with Crippen molar-refractivity contribution in [3.63, 3.8) is 0 Å². The van der Waals surface area contributed by atoms with E-state index >= 15 is 0 Å². The van der Waals surface area contributed by atoms with Gasteiger partial charge in [-0.1, -0.05) is 32.0 Å². The minimum atomic E-state index is -4.79. The number of nitrogens with zero attached hydrogens (tertiary/aromatic N) is 4. The maximum atomic E-state index is 13.1. The van der Waals surface area contributed by atoms with Gasteiger partial charge in [0.2, 0.25) is 5.91 Å². The van der Waals surface area contributed by atoms with Gasteiger partial charge in [0.25, 0.3) is 0 Å². The number of carbonyl (C=O) groups is 1. The van der Waals surface area contributed by atoms with Crippen molar-refractivity contribution in [2.24, 2.45) is 5.73 Å². The smallest absolute Gasteiger partial charge is 0.406 e. The highest BCUT2D eigenvalue weighted by molar-refractivity contribution is 6.02. The van der Waals surface area contributed by atoms with E-state index in [1.165, 1.54) is 24.5 Å². The van der Waals surface area contributed by atoms with Gasteiger partial charge in [-0.05, 0) is 60.3 Å². The normalized spacial score (nSPS) is 12.7. The third-order valence-electron chi connectivity index (χ3n) is 6.36. The summed E-state index contributed by atoms with van der Waals surface area (Å²) in [6.07, 6.45) is 0.0581. The number of amides is 1. The molecular formula is C28H31F3N6O2. The van der Waals surface area contributed by atoms with Crippen molar-refractivity contribution in [1.29, 1.82) is 0 Å². The van der Waals surface area contributed by atoms with E-state index in [1.807, 2.05) is 42.8 Å². The monoisotopic (exact) mass is 540 g/mol. The first-order valence-corrected chi connectivity index (χ1v) is 12.8. The van der Waals surface area contributed by atoms with E-state index in [-0.39, 0.29) is 18.1 Å². The highest BCUT2D eigenvalue weighted by atomic mass is 19.4. The molecule has 5 rings (SSSR count). The van der Waals surface area contributed by atoms with Gasteiger partial charge in [0.05, 0.1) is 11.8 Å². The van der Waals surface area contributed by atoms with E-state index in [4.69, 9.17) is 11.5 Å². The maximum Gasteiger partial charge on any atom is 0.573 e. The minimum Gasteiger partial charge on any atom is -0.406 e. The van der Waals surface area contributed by atoms with Crippen LogP contribution in [0.15, 0.2) is 55.0 Å². The Morgan fingerprint density at radius 2 is 1.92 bits per heavy atom. The zero-order valence-corrected chi connectivity index (χ0v) is 21.8. The van der Waals surface area contributed by atoms with Crippen LogP contribution in [-0.2, 0) is 24.2 Å². The van der Waals surface area contributed by atoms with Gasteiger partial charge in [0.1, 0.15) is 23.5 Å². The van der Waals surface area contributed by atoms with Gasteiger partial charge in [-0.25, -0.2) is 9.97 Å². The molecule has 0 saturated heterocycles. The lowest BCUT2D eigenvalue weighted by Gasteiger charge is -2.18. The van der Waals surface area contributed by atoms with Crippen LogP contribution in [0.25, 0.3) is 22.2 Å². The Hall–Kier alpha value is -4.12. The molecule has 0 fully saturated rings. The summed E-state index contributed by atoms with van der Waals surface area (Å²) in [7, 11) is 0. The maximum absolute atomic E-state index is 13.1. The zero-order chi connectivity index (χ0) is 28.2. The molecular weight excluding hydrogens is 509 g/mol. The van der Waals surface area contributed by atoms with Gasteiger partial charge in [-0.2, -0.15) is 0 Å². The summed E-state index contributed by atoms with van der Waals surface area (Å²) in [5.41, 5.74) is 16.7. The van der Waals surface area contributed by atoms with Crippen molar-refractivity contribution in [3.05, 3.63) is 66.1 Å². The van der Waals surface area contributed by atoms with Crippen molar-refractivity contribution in [3.8, 4) is 16.9 Å². The topological polar surface area (TPSA) is 112 Å². The fourth-order valence-electron chi connectivity index (χ4n) is 4.75. The number of rotatable bonds is 7. The van der Waals surface area contributed by atoms with Gasteiger partial charge in [-0.15, -0.1) is 13.2 Å². The summed E-state index contributed by atoms with van der Waals surface area (Å²) >= 11 is 0. The molecule has 1 aliphatic heterocycles. The molecule has 0 unspecified atom stereocenters. The molecule has 1 aliphatic rings. The lowest BCUT2D eigenvalue weighted by molar-refractivity contribution is -0.274. The number of halogens is 3. The summed E-state index contributed by atoms with van der Waals surface area (Å²) in [6.45, 7) is 5.74. The molecule has 3 heterocycles. The van der Waals surface area contributed by atoms with E-state index in [1.54, 1.807) is 11.0 Å². The van der Waals surface area contributed by atoms with Gasteiger partial charge < -0.3 is 25.7 Å². The van der Waals surface area contributed by atoms with Crippen LogP contribution in [0, 0.1) is 0 Å². The first-order chi connectivity index (χ1) is 18.7. The number of nitrogens with two attached hydrogens (primary N) is 2. The van der Waals surface area contributed by atoms with Crippen molar-refractivity contribution >= 4 is 28.4 Å². The van der Waals surface area contributed by atoms with Crippen molar-refractivity contribution in [2.75, 3.05) is 23.7 Å². The lowest BCUT2D eigenvalue weighted by Crippen LogP contribution is -2.30. The highest BCUT2D eigenvalue weighted by Crippen LogP contribution is 2.37. The van der Waals surface area contributed by atoms with Gasteiger partial charge in [0, 0.05) is 30.5 Å². The average Bonchev–Trinajstić information content (AvgIpc) is 3.50. The van der Waals surface area contributed by atoms with Gasteiger partial charge in [0.15, 0.2) is 0 Å². The van der Waals surface area contributed by atoms with Gasteiger partial charge >= 0.3 is 6.36 Å². The Kier molecular flexibility index (Phi) is 8.39. The van der Waals surface area contributed by atoms with Crippen molar-refractivity contribution < 1.29 is 22.7 Å². The Morgan fingerprint density at radius 3 is 2.67 bits per heavy atom. The molecule has 39 heavy (non-hydrogen) atoms. The van der Waals surface area contributed by atoms with E-state index in [2.05, 4.69) is 14.7 Å². The minimum absolute atomic E-state index is 0.0429. The standard InChI is InChI=1S/C26H25F3N6O2.C2H6/c27-26(28,29)37-19-4-1-3-16(11-19)12-22(36)35-10-7-18-13-17(5-6-21(18)35)20-14-34(9-2-8-30)25-23(20)24(31)32-15-33-25;1-2/h1,3-6,11,13-15H,2,7-10,12,30H2,(H2,31,32,33);1-2H3. The van der Waals surface area contributed by atoms with E-state index in [9.17, 15) is 18.0 Å². The number of fused-ring (bicyclic) bond motifs is 2. The highest BCUT2D eigenvalue weighted by Gasteiger charge is 2.31. The number of nitrogen functional groups attached to an aromatic ring is 1. The SMILES string of the molecule is CC.NCCCn1cc(-c2ccc3c(c2)CCN3C(=O)Cc2cccc(OC(F)(F)F)c2)c2c(N)ncnc21. The second-order valence-corrected chi connectivity index (χ2v) is 8.85. The molecule has 2 aromatic carbocycles. The van der Waals surface area contributed by atoms with Crippen molar-refractivity contribution in [2.45, 2.75) is 46.0 Å². The third-order valence-corrected chi connectivity index (χ3v) is 6.36. The summed E-state index contributed by atoms with van der Waals surface area (Å²) < 4.78 is 43.6. The summed E-state index contributed by atoms with van der Waals surface area (Å²) in [6, 6.07) is 11.3. The number of benzene rings is 2. The Labute approximate surface area is 224 Å². The largest absolute Gasteiger partial charge is 0.573 e. The van der Waals surface area contributed by atoms with Gasteiger partial charge in [-0.3, -0.25) is 4.79 Å². The number of hydrogen-bond acceptors (Lipinski definition) is 6. The molecule has 0 saturated carbocycles. The fraction of sp³-hybridized carbons (Fsp3) is 0.321. The fourth-order valence-corrected chi connectivity index (χ4v) is 4.75. The molecule has 4 N–H and O–H groups in total. The molecule has 0 radical (unpaired) electrons. The van der Waals surface area contributed by atoms with Crippen LogP contribution in [0.2, 0.25) is 0 Å². The van der Waals surface area contributed by atoms with Crippen LogP contribution in [-0.4, -0.2) is 39.9 Å². The summed E-state index contributed by atoms with van der Waals surface area (Å²) in [5, 5.41) is 0.770. The number of hydrogen-bond donors (Lipinski definition) is 2. The van der Waals surface area contributed by atoms with E-state index < -0.39 is 6.36 Å². The predicted octanol–water partition coefficient (Wildman–Crippen LogP) is 5.09. The van der Waals surface area contributed by atoms with Crippen LogP contribution in [0.4, 0.5) is 24.7 Å². The first kappa shape index (κ1) is 27.9. The van der Waals surface area contributed by atoms with Crippen LogP contribution in [0.1, 0.15) is 31.4 Å². The average molecular weight is 541 g/mol. The molecule has 0 bridgehead atoms. The lowest BCUT2D eigenvalue weighted by atomic mass is 10.0. The first-order valence-electron chi connectivity index (χ1n) is 12.8. The van der Waals surface area contributed by atoms with E-state index in [0.717, 1.165) is 39.8 Å². The van der Waals surface area contributed by atoms with E-state index in [0.29, 0.717) is 37.4 Å². The number of aromatic nitrogens is 3. The molecule has 0 atom stereocenters. The molecule has 4 aromatic rings. The summed E-state index contributed by atoms with van der Waals surface area (Å²) in [5.74, 6) is -0.162. The molecule has 0 aliphatic carbocycles. The predicted molar refractivity (Wildman–Crippen MR) is 145 cm³/mol. The number of anilines is 2. The number of alkyl halides is 3. The quantitative estimate of drug-likeness (QED) is 0.338. The molecule has 8 nitrogen and oxygen atoms in total. The van der Waals surface area contributed by atoms with Crippen LogP contribution >= 0.6 is 0 Å². The Bertz CT molecular complexity index is 1470. The molecule has 0 spiro atoms. The molecule has 1 amide bonds. The second-order valence-electron chi connectivity index (χ2n) is 8.85. The van der Waals surface area contributed by atoms with Crippen LogP contribution in [0.3, 0.4) is 0 Å². The summed E-state index contributed by atoms with van der Waals surface area (Å²) in [4.78, 5) is 23.3.